The van der Waals surface area contributed by atoms with Crippen LogP contribution in [0.4, 0.5) is 4.79 Å². The standard InChI is InChI=1S/C45H64N4O3/c1-44(2)35(46(5)33-23-19-27-13-9-11-15-31(27)39(33)44)25-21-29-17-18-30(37(29)38-41(50)48(7)43(52)49(8)42(38)51)22-26-36-45(3,4)40-32-16-12-10-14-28(32)20-24-34(40)47(36)6/h21-22,25-28,31-34,39-40H,9-20,23-24H2,1-8H3/b29-21+,30-22+,35-25+,36-26+. The summed E-state index contributed by atoms with van der Waals surface area (Å²) in [6.07, 6.45) is 26.8. The van der Waals surface area contributed by atoms with Crippen molar-refractivity contribution >= 4 is 17.8 Å². The lowest BCUT2D eigenvalue weighted by Crippen LogP contribution is -2.53. The number of amides is 4. The van der Waals surface area contributed by atoms with Gasteiger partial charge in [0.15, 0.2) is 0 Å². The molecule has 8 fully saturated rings. The summed E-state index contributed by atoms with van der Waals surface area (Å²) in [5.74, 6) is 3.63. The summed E-state index contributed by atoms with van der Waals surface area (Å²) in [7, 11) is 7.57. The Labute approximate surface area is 313 Å². The average Bonchev–Trinajstić information content (AvgIpc) is 3.68. The number of likely N-dealkylation sites (tertiary alicyclic amines) is 2. The number of allylic oxidation sites excluding steroid dienone is 9. The zero-order valence-electron chi connectivity index (χ0n) is 33.3. The van der Waals surface area contributed by atoms with E-state index in [4.69, 9.17) is 0 Å². The van der Waals surface area contributed by atoms with Crippen molar-refractivity contribution < 1.29 is 14.4 Å². The van der Waals surface area contributed by atoms with E-state index >= 15 is 0 Å². The molecule has 7 nitrogen and oxygen atoms in total. The van der Waals surface area contributed by atoms with E-state index in [1.54, 1.807) is 0 Å². The Kier molecular flexibility index (Phi) is 9.01. The smallest absolute Gasteiger partial charge is 0.333 e. The first-order chi connectivity index (χ1) is 24.7. The van der Waals surface area contributed by atoms with Crippen LogP contribution in [0.5, 0.6) is 0 Å². The van der Waals surface area contributed by atoms with Gasteiger partial charge in [-0.1, -0.05) is 78.4 Å². The van der Waals surface area contributed by atoms with E-state index in [2.05, 4.69) is 75.9 Å². The molecule has 52 heavy (non-hydrogen) atoms. The fraction of sp³-hybridized carbons (Fsp3) is 0.711. The van der Waals surface area contributed by atoms with Gasteiger partial charge in [-0.05, 0) is 116 Å². The first-order valence-corrected chi connectivity index (χ1v) is 20.9. The predicted molar refractivity (Wildman–Crippen MR) is 207 cm³/mol. The van der Waals surface area contributed by atoms with Gasteiger partial charge >= 0.3 is 6.03 Å². The maximum atomic E-state index is 13.9. The van der Waals surface area contributed by atoms with Crippen LogP contribution < -0.4 is 0 Å². The average molecular weight is 709 g/mol. The van der Waals surface area contributed by atoms with Gasteiger partial charge in [-0.15, -0.1) is 0 Å². The quantitative estimate of drug-likeness (QED) is 0.212. The van der Waals surface area contributed by atoms with E-state index in [0.29, 0.717) is 23.9 Å². The Morgan fingerprint density at radius 1 is 0.519 bits per heavy atom. The molecule has 0 radical (unpaired) electrons. The minimum absolute atomic E-state index is 0.0439. The van der Waals surface area contributed by atoms with Crippen LogP contribution in [0.2, 0.25) is 0 Å². The fourth-order valence-corrected chi connectivity index (χ4v) is 13.8. The third-order valence-corrected chi connectivity index (χ3v) is 16.1. The van der Waals surface area contributed by atoms with E-state index in [-0.39, 0.29) is 16.4 Å². The van der Waals surface area contributed by atoms with Gasteiger partial charge in [-0.2, -0.15) is 0 Å². The molecule has 8 aliphatic rings. The van der Waals surface area contributed by atoms with E-state index < -0.39 is 17.8 Å². The van der Waals surface area contributed by atoms with Crippen LogP contribution in [0, 0.1) is 46.3 Å². The third kappa shape index (κ3) is 5.35. The third-order valence-electron chi connectivity index (χ3n) is 16.1. The highest BCUT2D eigenvalue weighted by molar-refractivity contribution is 6.29. The number of nitrogens with zero attached hydrogens (tertiary/aromatic N) is 4. The summed E-state index contributed by atoms with van der Waals surface area (Å²) in [6, 6.07) is 0.557. The second-order valence-electron chi connectivity index (χ2n) is 19.2. The maximum Gasteiger partial charge on any atom is 0.333 e. The highest BCUT2D eigenvalue weighted by atomic mass is 16.2. The molecule has 8 atom stereocenters. The molecule has 282 valence electrons. The van der Waals surface area contributed by atoms with Gasteiger partial charge in [0.1, 0.15) is 5.57 Å². The summed E-state index contributed by atoms with van der Waals surface area (Å²) in [5.41, 5.74) is 5.75. The van der Waals surface area contributed by atoms with Crippen molar-refractivity contribution in [1.82, 2.24) is 19.6 Å². The van der Waals surface area contributed by atoms with Crippen LogP contribution >= 0.6 is 0 Å². The van der Waals surface area contributed by atoms with Crippen LogP contribution in [0.15, 0.2) is 58.0 Å². The molecule has 0 aromatic heterocycles. The maximum absolute atomic E-state index is 13.9. The number of rotatable bonds is 2. The molecule has 3 aliphatic heterocycles. The van der Waals surface area contributed by atoms with Crippen LogP contribution in [0.25, 0.3) is 0 Å². The summed E-state index contributed by atoms with van der Waals surface area (Å²) in [4.78, 5) is 48.0. The highest BCUT2D eigenvalue weighted by Gasteiger charge is 2.57. The summed E-state index contributed by atoms with van der Waals surface area (Å²) < 4.78 is 0. The molecule has 8 rings (SSSR count). The van der Waals surface area contributed by atoms with Crippen molar-refractivity contribution in [2.24, 2.45) is 46.3 Å². The predicted octanol–water partition coefficient (Wildman–Crippen LogP) is 8.86. The molecule has 0 bridgehead atoms. The lowest BCUT2D eigenvalue weighted by atomic mass is 9.58. The Balaban J connectivity index is 1.19. The number of fused-ring (bicyclic) bond motifs is 6. The normalized spacial score (nSPS) is 40.3. The van der Waals surface area contributed by atoms with Crippen molar-refractivity contribution in [3.8, 4) is 0 Å². The number of hydrogen-bond acceptors (Lipinski definition) is 5. The van der Waals surface area contributed by atoms with Gasteiger partial charge in [-0.25, -0.2) is 4.79 Å². The molecule has 8 unspecified atom stereocenters. The lowest BCUT2D eigenvalue weighted by molar-refractivity contribution is -0.134. The summed E-state index contributed by atoms with van der Waals surface area (Å²) >= 11 is 0. The summed E-state index contributed by atoms with van der Waals surface area (Å²) in [6.45, 7) is 9.82. The lowest BCUT2D eigenvalue weighted by Gasteiger charge is -2.47. The zero-order chi connectivity index (χ0) is 36.9. The van der Waals surface area contributed by atoms with E-state index in [1.807, 2.05) is 0 Å². The first kappa shape index (κ1) is 35.9. The fourth-order valence-electron chi connectivity index (χ4n) is 13.8. The molecule has 7 heteroatoms. The van der Waals surface area contributed by atoms with Gasteiger partial charge in [-0.3, -0.25) is 19.4 Å². The molecular weight excluding hydrogens is 645 g/mol. The number of hydrogen-bond donors (Lipinski definition) is 0. The number of carbonyl (C=O) groups excluding carboxylic acids is 3. The Morgan fingerprint density at radius 2 is 0.923 bits per heavy atom. The summed E-state index contributed by atoms with van der Waals surface area (Å²) in [5, 5.41) is 0. The number of urea groups is 1. The van der Waals surface area contributed by atoms with E-state index in [0.717, 1.165) is 63.0 Å². The molecule has 0 spiro atoms. The minimum Gasteiger partial charge on any atom is -0.374 e. The zero-order valence-corrected chi connectivity index (χ0v) is 33.3. The molecule has 0 N–H and O–H groups in total. The number of barbiturate groups is 1. The minimum atomic E-state index is -0.575. The van der Waals surface area contributed by atoms with Crippen LogP contribution in [-0.2, 0) is 9.59 Å². The Bertz CT molecular complexity index is 1570. The molecule has 0 aromatic carbocycles. The SMILES string of the molecule is CN1C(=O)C(=C2/C(=C/C=C3/N(C)C4CCC5CCCCC5C4C3(C)C)CC/C2=C\C=C2\N(C)C3CCC4CCCCC4C3C2(C)C)C(=O)N(C)C1=O. The van der Waals surface area contributed by atoms with Gasteiger partial charge in [0, 0.05) is 62.5 Å². The van der Waals surface area contributed by atoms with Gasteiger partial charge in [0.2, 0.25) is 0 Å². The second kappa shape index (κ2) is 13.0. The molecule has 0 aromatic rings. The van der Waals surface area contributed by atoms with Crippen LogP contribution in [0.3, 0.4) is 0 Å². The molecule has 5 aliphatic carbocycles. The van der Waals surface area contributed by atoms with Crippen molar-refractivity contribution in [2.45, 2.75) is 130 Å². The van der Waals surface area contributed by atoms with Gasteiger partial charge in [0.05, 0.1) is 0 Å². The molecular formula is C45H64N4O3. The molecule has 4 amide bonds. The van der Waals surface area contributed by atoms with Crippen molar-refractivity contribution in [1.29, 1.82) is 0 Å². The van der Waals surface area contributed by atoms with E-state index in [1.165, 1.54) is 103 Å². The molecule has 3 heterocycles. The second-order valence-corrected chi connectivity index (χ2v) is 19.2. The number of likely N-dealkylation sites (N-methyl/N-ethyl adjacent to an activating group) is 2. The van der Waals surface area contributed by atoms with Crippen LogP contribution in [-0.4, -0.2) is 77.7 Å². The Hall–Kier alpha value is -3.09. The Morgan fingerprint density at radius 3 is 1.35 bits per heavy atom. The van der Waals surface area contributed by atoms with Gasteiger partial charge in [0.25, 0.3) is 11.8 Å². The van der Waals surface area contributed by atoms with E-state index in [9.17, 15) is 14.4 Å². The molecule has 5 saturated carbocycles. The van der Waals surface area contributed by atoms with Crippen molar-refractivity contribution in [3.05, 3.63) is 58.0 Å². The highest BCUT2D eigenvalue weighted by Crippen LogP contribution is 2.60. The number of imide groups is 2. The monoisotopic (exact) mass is 708 g/mol. The van der Waals surface area contributed by atoms with Crippen LogP contribution in [0.1, 0.15) is 118 Å². The van der Waals surface area contributed by atoms with Crippen molar-refractivity contribution in [3.63, 3.8) is 0 Å². The van der Waals surface area contributed by atoms with Crippen molar-refractivity contribution in [2.75, 3.05) is 28.2 Å². The van der Waals surface area contributed by atoms with Gasteiger partial charge < -0.3 is 9.80 Å². The molecule has 3 saturated heterocycles. The number of carbonyl (C=O) groups is 3. The topological polar surface area (TPSA) is 64.2 Å². The first-order valence-electron chi connectivity index (χ1n) is 20.9. The largest absolute Gasteiger partial charge is 0.374 e.